The third-order valence-electron chi connectivity index (χ3n) is 2.19. The van der Waals surface area contributed by atoms with Crippen LogP contribution in [0.15, 0.2) is 12.3 Å². The fraction of sp³-hybridized carbons (Fsp3) is 0.364. The Morgan fingerprint density at radius 1 is 1.44 bits per heavy atom. The van der Waals surface area contributed by atoms with Gasteiger partial charge < -0.3 is 22.1 Å². The lowest BCUT2D eigenvalue weighted by molar-refractivity contribution is -0.120. The summed E-state index contributed by atoms with van der Waals surface area (Å²) in [5, 5.41) is 5.55. The van der Waals surface area contributed by atoms with Crippen LogP contribution in [0.1, 0.15) is 23.7 Å². The number of nitrogen functional groups attached to an aromatic ring is 1. The minimum atomic E-state index is -0.615. The van der Waals surface area contributed by atoms with E-state index in [-0.39, 0.29) is 17.9 Å². The van der Waals surface area contributed by atoms with Crippen LogP contribution in [0.25, 0.3) is 0 Å². The summed E-state index contributed by atoms with van der Waals surface area (Å²) in [7, 11) is 0. The van der Waals surface area contributed by atoms with Gasteiger partial charge in [-0.25, -0.2) is 4.98 Å². The summed E-state index contributed by atoms with van der Waals surface area (Å²) in [5.41, 5.74) is 11.3. The second-order valence-electron chi connectivity index (χ2n) is 3.66. The lowest BCUT2D eigenvalue weighted by atomic mass is 10.2. The van der Waals surface area contributed by atoms with Crippen molar-refractivity contribution in [2.24, 2.45) is 5.73 Å². The molecule has 0 saturated heterocycles. The van der Waals surface area contributed by atoms with E-state index in [0.717, 1.165) is 0 Å². The Labute approximate surface area is 105 Å². The summed E-state index contributed by atoms with van der Waals surface area (Å²) in [6.45, 7) is 2.80. The molecule has 0 saturated carbocycles. The number of rotatable bonds is 6. The van der Waals surface area contributed by atoms with Crippen LogP contribution >= 0.6 is 0 Å². The molecule has 7 nitrogen and oxygen atoms in total. The SMILES string of the molecule is CCNC(=O)CCNc1ncc(N)cc1C(N)=O. The van der Waals surface area contributed by atoms with Gasteiger partial charge in [-0.1, -0.05) is 0 Å². The highest BCUT2D eigenvalue weighted by molar-refractivity contribution is 5.98. The number of aromatic nitrogens is 1. The molecule has 2 amide bonds. The lowest BCUT2D eigenvalue weighted by Gasteiger charge is -2.09. The second kappa shape index (κ2) is 6.43. The van der Waals surface area contributed by atoms with Crippen molar-refractivity contribution >= 4 is 23.3 Å². The second-order valence-corrected chi connectivity index (χ2v) is 3.66. The number of carbonyl (C=O) groups is 2. The summed E-state index contributed by atoms with van der Waals surface area (Å²) >= 11 is 0. The molecular formula is C11H17N5O2. The predicted octanol–water partition coefficient (Wildman–Crippen LogP) is -0.299. The molecule has 1 heterocycles. The van der Waals surface area contributed by atoms with Crippen LogP contribution in [-0.2, 0) is 4.79 Å². The first-order valence-electron chi connectivity index (χ1n) is 5.60. The molecule has 0 fully saturated rings. The Morgan fingerprint density at radius 2 is 2.17 bits per heavy atom. The number of nitrogens with zero attached hydrogens (tertiary/aromatic N) is 1. The van der Waals surface area contributed by atoms with Crippen LogP contribution in [0.5, 0.6) is 0 Å². The number of hydrogen-bond donors (Lipinski definition) is 4. The van der Waals surface area contributed by atoms with Gasteiger partial charge in [0.15, 0.2) is 0 Å². The van der Waals surface area contributed by atoms with E-state index >= 15 is 0 Å². The summed E-state index contributed by atoms with van der Waals surface area (Å²) in [5.74, 6) is -0.350. The maximum absolute atomic E-state index is 11.2. The Balaban J connectivity index is 2.62. The molecule has 0 bridgehead atoms. The number of carbonyl (C=O) groups excluding carboxylic acids is 2. The Morgan fingerprint density at radius 3 is 2.78 bits per heavy atom. The van der Waals surface area contributed by atoms with Crippen molar-refractivity contribution in [1.29, 1.82) is 0 Å². The first-order valence-corrected chi connectivity index (χ1v) is 5.60. The number of primary amides is 1. The number of amides is 2. The highest BCUT2D eigenvalue weighted by Gasteiger charge is 2.10. The molecule has 1 aromatic rings. The van der Waals surface area contributed by atoms with E-state index in [1.165, 1.54) is 12.3 Å². The average Bonchev–Trinajstić information content (AvgIpc) is 2.31. The number of hydrogen-bond acceptors (Lipinski definition) is 5. The Hall–Kier alpha value is -2.31. The zero-order valence-electron chi connectivity index (χ0n) is 10.2. The topological polar surface area (TPSA) is 123 Å². The van der Waals surface area contributed by atoms with Crippen molar-refractivity contribution in [2.45, 2.75) is 13.3 Å². The number of nitrogens with two attached hydrogens (primary N) is 2. The number of anilines is 2. The number of pyridine rings is 1. The van der Waals surface area contributed by atoms with E-state index in [2.05, 4.69) is 15.6 Å². The van der Waals surface area contributed by atoms with Crippen LogP contribution < -0.4 is 22.1 Å². The Bertz CT molecular complexity index is 447. The molecule has 0 spiro atoms. The summed E-state index contributed by atoms with van der Waals surface area (Å²) in [6.07, 6.45) is 1.71. The maximum Gasteiger partial charge on any atom is 0.252 e. The molecule has 0 unspecified atom stereocenters. The molecule has 0 radical (unpaired) electrons. The molecule has 1 aromatic heterocycles. The molecule has 98 valence electrons. The zero-order chi connectivity index (χ0) is 13.5. The summed E-state index contributed by atoms with van der Waals surface area (Å²) < 4.78 is 0. The minimum Gasteiger partial charge on any atom is -0.397 e. The smallest absolute Gasteiger partial charge is 0.252 e. The van der Waals surface area contributed by atoms with E-state index in [4.69, 9.17) is 11.5 Å². The van der Waals surface area contributed by atoms with Crippen molar-refractivity contribution in [1.82, 2.24) is 10.3 Å². The maximum atomic E-state index is 11.2. The molecule has 0 aliphatic heterocycles. The molecule has 7 heteroatoms. The van der Waals surface area contributed by atoms with Gasteiger partial charge in [0.05, 0.1) is 17.4 Å². The molecule has 0 atom stereocenters. The monoisotopic (exact) mass is 251 g/mol. The molecule has 6 N–H and O–H groups in total. The fourth-order valence-electron chi connectivity index (χ4n) is 1.39. The van der Waals surface area contributed by atoms with Crippen molar-refractivity contribution in [2.75, 3.05) is 24.1 Å². The summed E-state index contributed by atoms with van der Waals surface area (Å²) in [4.78, 5) is 26.4. The van der Waals surface area contributed by atoms with Gasteiger partial charge in [0.2, 0.25) is 5.91 Å². The van der Waals surface area contributed by atoms with Gasteiger partial charge in [-0.05, 0) is 13.0 Å². The normalized spacial score (nSPS) is 9.83. The van der Waals surface area contributed by atoms with Gasteiger partial charge in [-0.15, -0.1) is 0 Å². The van der Waals surface area contributed by atoms with E-state index < -0.39 is 5.91 Å². The van der Waals surface area contributed by atoms with Gasteiger partial charge in [0.25, 0.3) is 5.91 Å². The number of nitrogens with one attached hydrogen (secondary N) is 2. The van der Waals surface area contributed by atoms with Crippen molar-refractivity contribution < 1.29 is 9.59 Å². The molecule has 18 heavy (non-hydrogen) atoms. The van der Waals surface area contributed by atoms with Crippen molar-refractivity contribution in [3.05, 3.63) is 17.8 Å². The van der Waals surface area contributed by atoms with Crippen LogP contribution in [0, 0.1) is 0 Å². The van der Waals surface area contributed by atoms with Gasteiger partial charge in [-0.2, -0.15) is 0 Å². The Kier molecular flexibility index (Phi) is 4.91. The molecule has 1 rings (SSSR count). The molecule has 0 aromatic carbocycles. The molecule has 0 aliphatic rings. The van der Waals surface area contributed by atoms with Crippen molar-refractivity contribution in [3.63, 3.8) is 0 Å². The minimum absolute atomic E-state index is 0.0685. The fourth-order valence-corrected chi connectivity index (χ4v) is 1.39. The van der Waals surface area contributed by atoms with E-state index in [9.17, 15) is 9.59 Å². The average molecular weight is 251 g/mol. The summed E-state index contributed by atoms with van der Waals surface area (Å²) in [6, 6.07) is 1.45. The molecule has 0 aliphatic carbocycles. The first-order chi connectivity index (χ1) is 8.54. The quantitative estimate of drug-likeness (QED) is 0.552. The van der Waals surface area contributed by atoms with E-state index in [1.54, 1.807) is 0 Å². The standard InChI is InChI=1S/C11H17N5O2/c1-2-14-9(17)3-4-15-11-8(10(13)18)5-7(12)6-16-11/h5-6H,2-4,12H2,1H3,(H2,13,18)(H,14,17)(H,15,16). The predicted molar refractivity (Wildman–Crippen MR) is 69.0 cm³/mol. The van der Waals surface area contributed by atoms with Gasteiger partial charge in [-0.3, -0.25) is 9.59 Å². The third kappa shape index (κ3) is 3.93. The van der Waals surface area contributed by atoms with E-state index in [0.29, 0.717) is 24.6 Å². The van der Waals surface area contributed by atoms with Crippen LogP contribution in [-0.4, -0.2) is 29.9 Å². The highest BCUT2D eigenvalue weighted by Crippen LogP contribution is 2.14. The zero-order valence-corrected chi connectivity index (χ0v) is 10.2. The van der Waals surface area contributed by atoms with Gasteiger partial charge in [0, 0.05) is 19.5 Å². The van der Waals surface area contributed by atoms with Crippen molar-refractivity contribution in [3.8, 4) is 0 Å². The van der Waals surface area contributed by atoms with Crippen LogP contribution in [0.3, 0.4) is 0 Å². The van der Waals surface area contributed by atoms with Crippen LogP contribution in [0.4, 0.5) is 11.5 Å². The van der Waals surface area contributed by atoms with Crippen LogP contribution in [0.2, 0.25) is 0 Å². The third-order valence-corrected chi connectivity index (χ3v) is 2.19. The van der Waals surface area contributed by atoms with E-state index in [1.807, 2.05) is 6.92 Å². The van der Waals surface area contributed by atoms with Gasteiger partial charge in [0.1, 0.15) is 5.82 Å². The largest absolute Gasteiger partial charge is 0.397 e. The molecular weight excluding hydrogens is 234 g/mol. The first kappa shape index (κ1) is 13.8. The lowest BCUT2D eigenvalue weighted by Crippen LogP contribution is -2.25. The highest BCUT2D eigenvalue weighted by atomic mass is 16.2. The van der Waals surface area contributed by atoms with Gasteiger partial charge >= 0.3 is 0 Å².